The van der Waals surface area contributed by atoms with Crippen LogP contribution in [0.5, 0.6) is 0 Å². The molecule has 0 fully saturated rings. The number of furan rings is 1. The summed E-state index contributed by atoms with van der Waals surface area (Å²) in [5.74, 6) is 0. The van der Waals surface area contributed by atoms with E-state index < -0.39 is 0 Å². The van der Waals surface area contributed by atoms with Crippen molar-refractivity contribution < 1.29 is 4.42 Å². The molecule has 11 rings (SSSR count). The molecule has 0 aliphatic carbocycles. The van der Waals surface area contributed by atoms with Crippen LogP contribution in [0.1, 0.15) is 0 Å². The number of hydrogen-bond acceptors (Lipinski definition) is 2. The molecule has 0 aliphatic heterocycles. The number of hydrogen-bond donors (Lipinski definition) is 0. The summed E-state index contributed by atoms with van der Waals surface area (Å²) in [6, 6.07) is 80.4. The normalized spacial score (nSPS) is 11.4. The molecular weight excluding hydrogens is 703 g/mol. The third-order valence-corrected chi connectivity index (χ3v) is 11.5. The first-order chi connectivity index (χ1) is 28.8. The van der Waals surface area contributed by atoms with Gasteiger partial charge in [-0.2, -0.15) is 0 Å². The lowest BCUT2D eigenvalue weighted by Gasteiger charge is -2.26. The van der Waals surface area contributed by atoms with E-state index in [1.165, 1.54) is 55.1 Å². The van der Waals surface area contributed by atoms with Gasteiger partial charge in [-0.15, -0.1) is 0 Å². The molecule has 1 heterocycles. The lowest BCUT2D eigenvalue weighted by molar-refractivity contribution is 0.673. The van der Waals surface area contributed by atoms with Crippen LogP contribution in [0, 0.1) is 0 Å². The average Bonchev–Trinajstić information content (AvgIpc) is 3.71. The third kappa shape index (κ3) is 5.74. The van der Waals surface area contributed by atoms with E-state index in [0.717, 1.165) is 50.0 Å². The van der Waals surface area contributed by atoms with Crippen molar-refractivity contribution >= 4 is 60.5 Å². The Bertz CT molecular complexity index is 3140. The molecule has 11 aromatic rings. The Morgan fingerprint density at radius 3 is 1.19 bits per heavy atom. The number of rotatable bonds is 7. The van der Waals surface area contributed by atoms with E-state index in [9.17, 15) is 0 Å². The molecule has 2 heteroatoms. The number of benzene rings is 10. The zero-order valence-electron chi connectivity index (χ0n) is 31.7. The fourth-order valence-corrected chi connectivity index (χ4v) is 8.74. The minimum absolute atomic E-state index is 0.883. The summed E-state index contributed by atoms with van der Waals surface area (Å²) in [7, 11) is 0. The predicted octanol–water partition coefficient (Wildman–Crippen LogP) is 16.0. The maximum atomic E-state index is 6.88. The highest BCUT2D eigenvalue weighted by Gasteiger charge is 2.22. The second kappa shape index (κ2) is 14.1. The molecule has 0 N–H and O–H groups in total. The summed E-state index contributed by atoms with van der Waals surface area (Å²) in [6.45, 7) is 0. The van der Waals surface area contributed by atoms with Gasteiger partial charge in [0, 0.05) is 38.8 Å². The molecule has 2 nitrogen and oxygen atoms in total. The molecule has 10 aromatic carbocycles. The van der Waals surface area contributed by atoms with Gasteiger partial charge in [0.2, 0.25) is 0 Å². The van der Waals surface area contributed by atoms with Crippen LogP contribution in [0.3, 0.4) is 0 Å². The van der Waals surface area contributed by atoms with Gasteiger partial charge in [0.25, 0.3) is 0 Å². The smallest absolute Gasteiger partial charge is 0.143 e. The molecule has 0 saturated heterocycles. The fraction of sp³-hybridized carbons (Fsp3) is 0. The van der Waals surface area contributed by atoms with Crippen molar-refractivity contribution in [1.82, 2.24) is 0 Å². The predicted molar refractivity (Wildman–Crippen MR) is 245 cm³/mol. The van der Waals surface area contributed by atoms with Gasteiger partial charge in [-0.25, -0.2) is 0 Å². The Kier molecular flexibility index (Phi) is 8.19. The highest BCUT2D eigenvalue weighted by molar-refractivity contribution is 6.32. The molecule has 58 heavy (non-hydrogen) atoms. The monoisotopic (exact) mass is 739 g/mol. The van der Waals surface area contributed by atoms with Crippen LogP contribution in [0.15, 0.2) is 229 Å². The summed E-state index contributed by atoms with van der Waals surface area (Å²) in [5.41, 5.74) is 14.5. The van der Waals surface area contributed by atoms with Crippen molar-refractivity contribution in [1.29, 1.82) is 0 Å². The zero-order chi connectivity index (χ0) is 38.4. The van der Waals surface area contributed by atoms with Crippen LogP contribution >= 0.6 is 0 Å². The van der Waals surface area contributed by atoms with Gasteiger partial charge >= 0.3 is 0 Å². The van der Waals surface area contributed by atoms with Gasteiger partial charge in [-0.3, -0.25) is 0 Å². The molecule has 0 bridgehead atoms. The Morgan fingerprint density at radius 2 is 0.672 bits per heavy atom. The largest absolute Gasteiger partial charge is 0.455 e. The second-order valence-corrected chi connectivity index (χ2v) is 14.8. The molecule has 0 amide bonds. The van der Waals surface area contributed by atoms with Crippen LogP contribution in [0.2, 0.25) is 0 Å². The van der Waals surface area contributed by atoms with Gasteiger partial charge in [0.05, 0.1) is 0 Å². The highest BCUT2D eigenvalue weighted by atomic mass is 16.3. The lowest BCUT2D eigenvalue weighted by atomic mass is 9.88. The van der Waals surface area contributed by atoms with Crippen LogP contribution in [0.4, 0.5) is 17.1 Å². The molecule has 0 radical (unpaired) electrons. The van der Waals surface area contributed by atoms with Crippen LogP contribution < -0.4 is 4.90 Å². The van der Waals surface area contributed by atoms with E-state index >= 15 is 0 Å². The van der Waals surface area contributed by atoms with Crippen molar-refractivity contribution in [2.45, 2.75) is 0 Å². The number of nitrogens with zero attached hydrogens (tertiary/aromatic N) is 1. The molecule has 0 spiro atoms. The fourth-order valence-electron chi connectivity index (χ4n) is 8.74. The van der Waals surface area contributed by atoms with Crippen molar-refractivity contribution in [2.75, 3.05) is 4.90 Å². The minimum atomic E-state index is 0.883. The first-order valence-corrected chi connectivity index (χ1v) is 19.8. The van der Waals surface area contributed by atoms with Crippen LogP contribution in [0.25, 0.3) is 88.0 Å². The van der Waals surface area contributed by atoms with E-state index in [2.05, 4.69) is 229 Å². The molecule has 0 aliphatic rings. The number of anilines is 3. The lowest BCUT2D eigenvalue weighted by Crippen LogP contribution is -2.09. The summed E-state index contributed by atoms with van der Waals surface area (Å²) < 4.78 is 6.88. The topological polar surface area (TPSA) is 16.4 Å². The van der Waals surface area contributed by atoms with Gasteiger partial charge in [0.1, 0.15) is 11.2 Å². The van der Waals surface area contributed by atoms with Crippen molar-refractivity contribution in [3.63, 3.8) is 0 Å². The van der Waals surface area contributed by atoms with E-state index in [0.29, 0.717) is 0 Å². The Hall–Kier alpha value is -7.68. The summed E-state index contributed by atoms with van der Waals surface area (Å²) in [5, 5.41) is 7.04. The van der Waals surface area contributed by atoms with Gasteiger partial charge in [0.15, 0.2) is 0 Å². The summed E-state index contributed by atoms with van der Waals surface area (Å²) >= 11 is 0. The zero-order valence-corrected chi connectivity index (χ0v) is 31.7. The molecule has 0 unspecified atom stereocenters. The molecule has 0 atom stereocenters. The van der Waals surface area contributed by atoms with E-state index in [1.807, 2.05) is 0 Å². The van der Waals surface area contributed by atoms with Crippen molar-refractivity contribution in [3.8, 4) is 44.5 Å². The Morgan fingerprint density at radius 1 is 0.276 bits per heavy atom. The van der Waals surface area contributed by atoms with Gasteiger partial charge in [-0.1, -0.05) is 182 Å². The standard InChI is InChI=1S/C56H37NO/c1-4-14-38(15-5-1)40-24-30-44(31-25-40)57(45-32-26-41(27-33-45)39-16-6-2-7-17-39)46-34-28-43(29-35-46)53-47(42-18-8-3-9-19-42)36-37-52-55(53)54-50-22-12-10-20-48(50)49-21-11-13-23-51(49)56(54)58-52/h1-37H. The highest BCUT2D eigenvalue weighted by Crippen LogP contribution is 2.48. The second-order valence-electron chi connectivity index (χ2n) is 14.8. The first-order valence-electron chi connectivity index (χ1n) is 19.8. The SMILES string of the molecule is c1ccc(-c2ccc(N(c3ccc(-c4ccccc4)cc3)c3ccc(-c4c(-c5ccccc5)ccc5oc6c7ccccc7c7ccccc7c6c45)cc3)cc2)cc1. The molecule has 272 valence electrons. The summed E-state index contributed by atoms with van der Waals surface area (Å²) in [4.78, 5) is 2.35. The van der Waals surface area contributed by atoms with Crippen molar-refractivity contribution in [3.05, 3.63) is 224 Å². The van der Waals surface area contributed by atoms with Crippen molar-refractivity contribution in [2.24, 2.45) is 0 Å². The van der Waals surface area contributed by atoms with Gasteiger partial charge in [-0.05, 0) is 97.6 Å². The van der Waals surface area contributed by atoms with E-state index in [-0.39, 0.29) is 0 Å². The number of fused-ring (bicyclic) bond motifs is 8. The van der Waals surface area contributed by atoms with E-state index in [1.54, 1.807) is 0 Å². The van der Waals surface area contributed by atoms with Crippen LogP contribution in [-0.2, 0) is 0 Å². The quantitative estimate of drug-likeness (QED) is 0.151. The summed E-state index contributed by atoms with van der Waals surface area (Å²) in [6.07, 6.45) is 0. The maximum Gasteiger partial charge on any atom is 0.143 e. The maximum absolute atomic E-state index is 6.88. The minimum Gasteiger partial charge on any atom is -0.455 e. The first kappa shape index (κ1) is 33.6. The molecule has 1 aromatic heterocycles. The molecule has 0 saturated carbocycles. The van der Waals surface area contributed by atoms with Crippen LogP contribution in [-0.4, -0.2) is 0 Å². The average molecular weight is 740 g/mol. The van der Waals surface area contributed by atoms with Gasteiger partial charge < -0.3 is 9.32 Å². The third-order valence-electron chi connectivity index (χ3n) is 11.5. The van der Waals surface area contributed by atoms with E-state index in [4.69, 9.17) is 4.42 Å². The Labute approximate surface area is 337 Å². The Balaban J connectivity index is 1.10. The molecular formula is C56H37NO.